The molecule has 0 spiro atoms. The van der Waals surface area contributed by atoms with Crippen molar-refractivity contribution < 1.29 is 52.7 Å². The molecule has 0 heterocycles. The van der Waals surface area contributed by atoms with E-state index in [9.17, 15) is 52.7 Å². The van der Waals surface area contributed by atoms with E-state index in [4.69, 9.17) is 0 Å². The fraction of sp³-hybridized carbons (Fsp3) is 0.250. The van der Waals surface area contributed by atoms with E-state index in [1.165, 1.54) is 0 Å². The molecule has 0 N–H and O–H groups in total. The van der Waals surface area contributed by atoms with Gasteiger partial charge in [-0.1, -0.05) is 0 Å². The Morgan fingerprint density at radius 2 is 0.733 bits per heavy atom. The van der Waals surface area contributed by atoms with Crippen LogP contribution in [0.5, 0.6) is 0 Å². The van der Waals surface area contributed by atoms with Gasteiger partial charge in [-0.05, 0) is 0 Å². The molecule has 0 aromatic heterocycles. The van der Waals surface area contributed by atoms with Crippen molar-refractivity contribution in [3.8, 4) is 0 Å². The normalized spacial score (nSPS) is 13.6. The maximum absolute atomic E-state index is 13.1. The van der Waals surface area contributed by atoms with Crippen LogP contribution in [-0.4, -0.2) is 26.3 Å². The zero-order valence-electron chi connectivity index (χ0n) is 13.8. The Bertz CT molecular complexity index is 831. The summed E-state index contributed by atoms with van der Waals surface area (Å²) in [6, 6.07) is 1.55. The number of hydrogen-bond acceptors (Lipinski definition) is 0. The number of rotatable bonds is 3. The van der Waals surface area contributed by atoms with Crippen molar-refractivity contribution in [1.82, 2.24) is 0 Å². The van der Waals surface area contributed by atoms with Crippen molar-refractivity contribution in [2.45, 2.75) is 24.7 Å². The van der Waals surface area contributed by atoms with Gasteiger partial charge >= 0.3 is 171 Å². The van der Waals surface area contributed by atoms with Crippen LogP contribution in [0.4, 0.5) is 52.7 Å². The van der Waals surface area contributed by atoms with Crippen LogP contribution in [0.3, 0.4) is 0 Å². The van der Waals surface area contributed by atoms with Gasteiger partial charge in [0.05, 0.1) is 0 Å². The zero-order valence-corrected chi connectivity index (χ0v) is 17.2. The molecule has 2 aromatic rings. The quantitative estimate of drug-likeness (QED) is 0.351. The molecule has 0 atom stereocenters. The fourth-order valence-corrected chi connectivity index (χ4v) is 9.22. The molecular weight excluding hydrogens is 578 g/mol. The maximum atomic E-state index is 13.1. The van der Waals surface area contributed by atoms with E-state index >= 15 is 0 Å². The first kappa shape index (κ1) is 24.9. The van der Waals surface area contributed by atoms with Crippen LogP contribution < -0.4 is 8.92 Å². The molecule has 0 saturated heterocycles. The number of halogens is 12. The molecule has 0 aliphatic carbocycles. The van der Waals surface area contributed by atoms with Gasteiger partial charge in [0.15, 0.2) is 0 Å². The standard InChI is InChI=1S/C16H6F12Se2/c17-13(18,19)7-1-3-11(9(5-7)15(23,24)25)29-30-12-4-2-8(14(20,21)22)6-10(12)16(26,27)28/h1-6H. The van der Waals surface area contributed by atoms with Gasteiger partial charge in [-0.3, -0.25) is 0 Å². The Kier molecular flexibility index (Phi) is 6.88. The van der Waals surface area contributed by atoms with E-state index in [1.807, 2.05) is 0 Å². The summed E-state index contributed by atoms with van der Waals surface area (Å²) in [6.45, 7) is 0. The minimum atomic E-state index is -5.19. The third kappa shape index (κ3) is 6.09. The van der Waals surface area contributed by atoms with Gasteiger partial charge in [0.2, 0.25) is 0 Å². The van der Waals surface area contributed by atoms with Crippen LogP contribution in [0.15, 0.2) is 36.4 Å². The van der Waals surface area contributed by atoms with Crippen LogP contribution in [0.1, 0.15) is 22.3 Å². The number of benzene rings is 2. The molecule has 14 heteroatoms. The summed E-state index contributed by atoms with van der Waals surface area (Å²) in [5, 5.41) is 0. The average molecular weight is 584 g/mol. The Hall–Kier alpha value is -1.36. The Morgan fingerprint density at radius 3 is 0.967 bits per heavy atom. The van der Waals surface area contributed by atoms with Crippen LogP contribution >= 0.6 is 0 Å². The first-order valence-corrected chi connectivity index (χ1v) is 13.4. The van der Waals surface area contributed by atoms with Gasteiger partial charge in [-0.2, -0.15) is 0 Å². The van der Waals surface area contributed by atoms with E-state index in [0.29, 0.717) is 24.3 Å². The summed E-state index contributed by atoms with van der Waals surface area (Å²) < 4.78 is 154. The zero-order chi connectivity index (χ0) is 23.1. The Balaban J connectivity index is 2.44. The van der Waals surface area contributed by atoms with Crippen molar-refractivity contribution in [2.24, 2.45) is 0 Å². The molecule has 2 rings (SSSR count). The summed E-state index contributed by atoms with van der Waals surface area (Å²) >= 11 is -2.77. The van der Waals surface area contributed by atoms with Crippen molar-refractivity contribution in [2.75, 3.05) is 0 Å². The molecule has 2 aromatic carbocycles. The van der Waals surface area contributed by atoms with Gasteiger partial charge in [0.1, 0.15) is 0 Å². The third-order valence-corrected chi connectivity index (χ3v) is 10.7. The molecule has 0 aliphatic heterocycles. The van der Waals surface area contributed by atoms with Gasteiger partial charge in [0.25, 0.3) is 0 Å². The third-order valence-electron chi connectivity index (χ3n) is 3.45. The van der Waals surface area contributed by atoms with Crippen LogP contribution in [0.2, 0.25) is 0 Å². The summed E-state index contributed by atoms with van der Waals surface area (Å²) in [4.78, 5) is 0. The Labute approximate surface area is 171 Å². The summed E-state index contributed by atoms with van der Waals surface area (Å²) in [5.74, 6) is 0. The molecule has 0 fully saturated rings. The van der Waals surface area contributed by atoms with Crippen molar-refractivity contribution in [1.29, 1.82) is 0 Å². The van der Waals surface area contributed by atoms with Gasteiger partial charge in [-0.25, -0.2) is 0 Å². The van der Waals surface area contributed by atoms with Crippen molar-refractivity contribution >= 4 is 35.2 Å². The molecule has 0 saturated carbocycles. The van der Waals surface area contributed by atoms with Gasteiger partial charge in [0, 0.05) is 0 Å². The Morgan fingerprint density at radius 1 is 0.433 bits per heavy atom. The van der Waals surface area contributed by atoms with Crippen molar-refractivity contribution in [3.05, 3.63) is 58.7 Å². The SMILES string of the molecule is FC(F)(F)c1ccc([Se][Se]c2ccc(C(F)(F)F)cc2C(F)(F)F)c(C(F)(F)F)c1. The van der Waals surface area contributed by atoms with E-state index in [-0.39, 0.29) is 12.1 Å². The van der Waals surface area contributed by atoms with Gasteiger partial charge < -0.3 is 0 Å². The van der Waals surface area contributed by atoms with E-state index < -0.39 is 82.1 Å². The molecule has 0 aliphatic rings. The predicted molar refractivity (Wildman–Crippen MR) is 83.7 cm³/mol. The second-order valence-corrected chi connectivity index (χ2v) is 11.8. The molecule has 0 radical (unpaired) electrons. The van der Waals surface area contributed by atoms with E-state index in [2.05, 4.69) is 0 Å². The van der Waals surface area contributed by atoms with Crippen molar-refractivity contribution in [3.63, 3.8) is 0 Å². The topological polar surface area (TPSA) is 0 Å². The van der Waals surface area contributed by atoms with E-state index in [0.717, 1.165) is 0 Å². The molecule has 30 heavy (non-hydrogen) atoms. The second kappa shape index (κ2) is 8.29. The van der Waals surface area contributed by atoms with Crippen LogP contribution in [0.25, 0.3) is 0 Å². The number of alkyl halides is 12. The van der Waals surface area contributed by atoms with Crippen LogP contribution in [0, 0.1) is 0 Å². The summed E-state index contributed by atoms with van der Waals surface area (Å²) in [5.41, 5.74) is -6.43. The van der Waals surface area contributed by atoms with Gasteiger partial charge in [-0.15, -0.1) is 0 Å². The first-order chi connectivity index (χ1) is 13.4. The number of hydrogen-bond donors (Lipinski definition) is 0. The average Bonchev–Trinajstić information content (AvgIpc) is 2.56. The van der Waals surface area contributed by atoms with Crippen LogP contribution in [-0.2, 0) is 24.7 Å². The molecular formula is C16H6F12Se2. The molecule has 0 nitrogen and oxygen atoms in total. The minimum absolute atomic E-state index is 0.134. The second-order valence-electron chi connectivity index (χ2n) is 5.58. The summed E-state index contributed by atoms with van der Waals surface area (Å²) in [7, 11) is 0. The molecule has 0 amide bonds. The molecule has 166 valence electrons. The monoisotopic (exact) mass is 586 g/mol. The fourth-order valence-electron chi connectivity index (χ4n) is 2.09. The predicted octanol–water partition coefficient (Wildman–Crippen LogP) is 5.04. The van der Waals surface area contributed by atoms with E-state index in [1.54, 1.807) is 0 Å². The molecule has 0 bridgehead atoms. The summed E-state index contributed by atoms with van der Waals surface area (Å²) in [6.07, 6.45) is -20.5. The molecule has 0 unspecified atom stereocenters. The first-order valence-electron chi connectivity index (χ1n) is 7.32.